The van der Waals surface area contributed by atoms with Gasteiger partial charge in [-0.3, -0.25) is 4.79 Å². The van der Waals surface area contributed by atoms with E-state index in [1.165, 1.54) is 0 Å². The summed E-state index contributed by atoms with van der Waals surface area (Å²) in [6.45, 7) is 2.75. The molecule has 1 aromatic heterocycles. The highest BCUT2D eigenvalue weighted by Gasteiger charge is 2.13. The highest BCUT2D eigenvalue weighted by molar-refractivity contribution is 9.10. The van der Waals surface area contributed by atoms with Gasteiger partial charge in [0.2, 0.25) is 5.89 Å². The first-order valence-electron chi connectivity index (χ1n) is 9.84. The van der Waals surface area contributed by atoms with E-state index < -0.39 is 0 Å². The van der Waals surface area contributed by atoms with Crippen molar-refractivity contribution in [2.24, 2.45) is 0 Å². The van der Waals surface area contributed by atoms with Crippen molar-refractivity contribution in [3.63, 3.8) is 0 Å². The van der Waals surface area contributed by atoms with Crippen LogP contribution in [0.5, 0.6) is 5.75 Å². The number of hydrogen-bond acceptors (Lipinski definition) is 4. The minimum absolute atomic E-state index is 0.204. The summed E-state index contributed by atoms with van der Waals surface area (Å²) in [5, 5.41) is 2.92. The van der Waals surface area contributed by atoms with Crippen LogP contribution in [0.1, 0.15) is 30.1 Å². The number of oxazole rings is 1. The third kappa shape index (κ3) is 4.54. The molecule has 0 aliphatic carbocycles. The average molecular weight is 465 g/mol. The molecule has 0 radical (unpaired) electrons. The van der Waals surface area contributed by atoms with Crippen LogP contribution in [-0.2, 0) is 0 Å². The van der Waals surface area contributed by atoms with Crippen LogP contribution < -0.4 is 10.1 Å². The average Bonchev–Trinajstić information content (AvgIpc) is 3.17. The second-order valence-electron chi connectivity index (χ2n) is 6.87. The number of benzene rings is 3. The highest BCUT2D eigenvalue weighted by atomic mass is 79.9. The molecule has 0 atom stereocenters. The van der Waals surface area contributed by atoms with Gasteiger partial charge in [0.25, 0.3) is 5.91 Å². The zero-order chi connectivity index (χ0) is 20.9. The maximum atomic E-state index is 12.7. The van der Waals surface area contributed by atoms with Crippen molar-refractivity contribution in [2.75, 3.05) is 11.9 Å². The van der Waals surface area contributed by atoms with Gasteiger partial charge in [0.05, 0.1) is 12.2 Å². The molecule has 4 rings (SSSR count). The van der Waals surface area contributed by atoms with Gasteiger partial charge >= 0.3 is 0 Å². The van der Waals surface area contributed by atoms with Gasteiger partial charge in [-0.05, 0) is 70.9 Å². The molecule has 0 bridgehead atoms. The van der Waals surface area contributed by atoms with E-state index in [4.69, 9.17) is 9.15 Å². The van der Waals surface area contributed by atoms with Crippen LogP contribution in [-0.4, -0.2) is 17.5 Å². The Morgan fingerprint density at radius 3 is 2.80 bits per heavy atom. The number of carbonyl (C=O) groups excluding carboxylic acids is 1. The van der Waals surface area contributed by atoms with E-state index >= 15 is 0 Å². The molecule has 30 heavy (non-hydrogen) atoms. The molecule has 0 aliphatic rings. The number of anilines is 1. The molecule has 1 amide bonds. The highest BCUT2D eigenvalue weighted by Crippen LogP contribution is 2.31. The lowest BCUT2D eigenvalue weighted by molar-refractivity contribution is 0.102. The SMILES string of the molecule is CCCCOc1cccc(C(=O)Nc2ccc3oc(-c4ccccc4Br)nc3c2)c1. The van der Waals surface area contributed by atoms with Crippen molar-refractivity contribution in [2.45, 2.75) is 19.8 Å². The van der Waals surface area contributed by atoms with Crippen LogP contribution >= 0.6 is 15.9 Å². The van der Waals surface area contributed by atoms with Crippen LogP contribution in [0.3, 0.4) is 0 Å². The molecule has 5 nitrogen and oxygen atoms in total. The number of ether oxygens (including phenoxy) is 1. The summed E-state index contributed by atoms with van der Waals surface area (Å²) >= 11 is 3.52. The van der Waals surface area contributed by atoms with Crippen LogP contribution in [0.2, 0.25) is 0 Å². The third-order valence-electron chi connectivity index (χ3n) is 4.61. The van der Waals surface area contributed by atoms with Gasteiger partial charge in [-0.1, -0.05) is 31.5 Å². The van der Waals surface area contributed by atoms with Crippen LogP contribution in [0.4, 0.5) is 5.69 Å². The Hall–Kier alpha value is -3.12. The normalized spacial score (nSPS) is 10.9. The Labute approximate surface area is 183 Å². The van der Waals surface area contributed by atoms with Gasteiger partial charge in [0.15, 0.2) is 5.58 Å². The molecule has 1 N–H and O–H groups in total. The van der Waals surface area contributed by atoms with Crippen molar-refractivity contribution in [3.8, 4) is 17.2 Å². The molecule has 0 spiro atoms. The number of unbranched alkanes of at least 4 members (excludes halogenated alkanes) is 1. The Kier molecular flexibility index (Phi) is 6.14. The van der Waals surface area contributed by atoms with E-state index in [9.17, 15) is 4.79 Å². The lowest BCUT2D eigenvalue weighted by Crippen LogP contribution is -2.12. The fourth-order valence-electron chi connectivity index (χ4n) is 3.02. The summed E-state index contributed by atoms with van der Waals surface area (Å²) in [6.07, 6.45) is 2.04. The number of hydrogen-bond donors (Lipinski definition) is 1. The Morgan fingerprint density at radius 2 is 1.97 bits per heavy atom. The predicted molar refractivity (Wildman–Crippen MR) is 122 cm³/mol. The molecular weight excluding hydrogens is 444 g/mol. The number of carbonyl (C=O) groups is 1. The second-order valence-corrected chi connectivity index (χ2v) is 7.72. The Bertz CT molecular complexity index is 1190. The van der Waals surface area contributed by atoms with E-state index in [0.717, 1.165) is 22.9 Å². The lowest BCUT2D eigenvalue weighted by atomic mass is 10.2. The molecule has 0 fully saturated rings. The molecular formula is C24H21BrN2O3. The molecule has 6 heteroatoms. The Morgan fingerprint density at radius 1 is 1.10 bits per heavy atom. The summed E-state index contributed by atoms with van der Waals surface area (Å²) in [5.74, 6) is 1.02. The first-order valence-corrected chi connectivity index (χ1v) is 10.6. The zero-order valence-electron chi connectivity index (χ0n) is 16.5. The first kappa shape index (κ1) is 20.2. The molecule has 1 heterocycles. The fourth-order valence-corrected chi connectivity index (χ4v) is 3.47. The van der Waals surface area contributed by atoms with E-state index in [1.807, 2.05) is 42.5 Å². The number of fused-ring (bicyclic) bond motifs is 1. The van der Waals surface area contributed by atoms with Gasteiger partial charge < -0.3 is 14.5 Å². The number of nitrogens with one attached hydrogen (secondary N) is 1. The summed E-state index contributed by atoms with van der Waals surface area (Å²) < 4.78 is 12.5. The van der Waals surface area contributed by atoms with Crippen molar-refractivity contribution < 1.29 is 13.9 Å². The minimum atomic E-state index is -0.204. The molecule has 3 aromatic carbocycles. The van der Waals surface area contributed by atoms with Gasteiger partial charge in [0, 0.05) is 15.7 Å². The largest absolute Gasteiger partial charge is 0.494 e. The van der Waals surface area contributed by atoms with Gasteiger partial charge in [-0.15, -0.1) is 0 Å². The van der Waals surface area contributed by atoms with E-state index in [-0.39, 0.29) is 5.91 Å². The van der Waals surface area contributed by atoms with Gasteiger partial charge in [-0.25, -0.2) is 4.98 Å². The Balaban J connectivity index is 1.52. The monoisotopic (exact) mass is 464 g/mol. The summed E-state index contributed by atoms with van der Waals surface area (Å²) in [6, 6.07) is 20.4. The number of aromatic nitrogens is 1. The predicted octanol–water partition coefficient (Wildman–Crippen LogP) is 6.69. The fraction of sp³-hybridized carbons (Fsp3) is 0.167. The van der Waals surface area contributed by atoms with Crippen LogP contribution in [0.15, 0.2) is 75.6 Å². The van der Waals surface area contributed by atoms with Crippen molar-refractivity contribution in [1.82, 2.24) is 4.98 Å². The van der Waals surface area contributed by atoms with Gasteiger partial charge in [-0.2, -0.15) is 0 Å². The zero-order valence-corrected chi connectivity index (χ0v) is 18.1. The number of rotatable bonds is 7. The summed E-state index contributed by atoms with van der Waals surface area (Å²) in [4.78, 5) is 17.3. The summed E-state index contributed by atoms with van der Waals surface area (Å²) in [7, 11) is 0. The van der Waals surface area contributed by atoms with E-state index in [1.54, 1.807) is 24.3 Å². The molecule has 0 saturated heterocycles. The lowest BCUT2D eigenvalue weighted by Gasteiger charge is -2.08. The molecule has 0 aliphatic heterocycles. The quantitative estimate of drug-likeness (QED) is 0.309. The second kappa shape index (κ2) is 9.13. The molecule has 0 saturated carbocycles. The number of amides is 1. The van der Waals surface area contributed by atoms with Crippen molar-refractivity contribution in [1.29, 1.82) is 0 Å². The van der Waals surface area contributed by atoms with E-state index in [0.29, 0.717) is 40.6 Å². The maximum absolute atomic E-state index is 12.7. The van der Waals surface area contributed by atoms with E-state index in [2.05, 4.69) is 33.2 Å². The smallest absolute Gasteiger partial charge is 0.255 e. The van der Waals surface area contributed by atoms with Crippen LogP contribution in [0, 0.1) is 0 Å². The van der Waals surface area contributed by atoms with Crippen molar-refractivity contribution >= 4 is 38.6 Å². The van der Waals surface area contributed by atoms with Crippen molar-refractivity contribution in [3.05, 3.63) is 76.8 Å². The molecule has 0 unspecified atom stereocenters. The molecule has 4 aromatic rings. The van der Waals surface area contributed by atoms with Crippen LogP contribution in [0.25, 0.3) is 22.6 Å². The molecule has 152 valence electrons. The first-order chi connectivity index (χ1) is 14.6. The third-order valence-corrected chi connectivity index (χ3v) is 5.30. The maximum Gasteiger partial charge on any atom is 0.255 e. The standard InChI is InChI=1S/C24H21BrN2O3/c1-2-3-13-29-18-8-6-7-16(14-18)23(28)26-17-11-12-22-21(15-17)27-24(30-22)19-9-4-5-10-20(19)25/h4-12,14-15H,2-3,13H2,1H3,(H,26,28). The number of halogens is 1. The minimum Gasteiger partial charge on any atom is -0.494 e. The van der Waals surface area contributed by atoms with Gasteiger partial charge in [0.1, 0.15) is 11.3 Å². The summed E-state index contributed by atoms with van der Waals surface area (Å²) in [5.41, 5.74) is 3.40. The number of nitrogens with zero attached hydrogens (tertiary/aromatic N) is 1. The topological polar surface area (TPSA) is 64.4 Å².